The van der Waals surface area contributed by atoms with E-state index in [1.54, 1.807) is 24.3 Å². The third kappa shape index (κ3) is 8.66. The molecule has 15 nitrogen and oxygen atoms in total. The molecule has 7 atom stereocenters. The average molecular weight is 797 g/mol. The molecule has 0 spiro atoms. The number of halogens is 4. The fraction of sp³-hybridized carbons (Fsp3) is 0.472. The van der Waals surface area contributed by atoms with Gasteiger partial charge in [-0.05, 0) is 44.9 Å². The minimum atomic E-state index is -5.24. The summed E-state index contributed by atoms with van der Waals surface area (Å²) in [7, 11) is 4.08. The summed E-state index contributed by atoms with van der Waals surface area (Å²) in [5.41, 5.74) is -5.76. The molecule has 0 saturated carbocycles. The Morgan fingerprint density at radius 2 is 1.89 bits per heavy atom. The Kier molecular flexibility index (Phi) is 11.8. The Morgan fingerprint density at radius 1 is 1.18 bits per heavy atom. The molecule has 55 heavy (non-hydrogen) atoms. The Hall–Kier alpha value is -4.91. The minimum Gasteiger partial charge on any atom is -0.495 e. The molecule has 19 heteroatoms. The van der Waals surface area contributed by atoms with Crippen molar-refractivity contribution >= 4 is 35.4 Å². The summed E-state index contributed by atoms with van der Waals surface area (Å²) >= 11 is 6.67. The Bertz CT molecular complexity index is 1910. The number of allylic oxidation sites excluding steroid dienone is 6. The molecule has 2 fully saturated rings. The number of nitrogens with one attached hydrogen (secondary N) is 2. The molecule has 0 aromatic heterocycles. The normalized spacial score (nSPS) is 34.7. The average Bonchev–Trinajstić information content (AvgIpc) is 3.78. The number of benzene rings is 1. The van der Waals surface area contributed by atoms with E-state index in [1.807, 2.05) is 12.2 Å². The first kappa shape index (κ1) is 41.3. The molecule has 3 amide bonds. The molecule has 0 unspecified atom stereocenters. The quantitative estimate of drug-likeness (QED) is 0.202. The number of carbonyl (C=O) groups is 3. The summed E-state index contributed by atoms with van der Waals surface area (Å²) in [5, 5.41) is 28.7. The number of hydrogen-bond donors (Lipinski definition) is 3. The maximum atomic E-state index is 14.5. The Labute approximate surface area is 318 Å². The molecular formula is C36H40ClF3N4O11. The van der Waals surface area contributed by atoms with Gasteiger partial charge in [-0.1, -0.05) is 41.5 Å². The number of carbonyl (C=O) groups excluding carboxylic acids is 3. The largest absolute Gasteiger partial charge is 0.495 e. The minimum absolute atomic E-state index is 0.0816. The van der Waals surface area contributed by atoms with Crippen LogP contribution in [0.25, 0.3) is 0 Å². The molecule has 6 bridgehead atoms. The zero-order valence-corrected chi connectivity index (χ0v) is 31.3. The van der Waals surface area contributed by atoms with Crippen LogP contribution in [0.5, 0.6) is 5.75 Å². The van der Waals surface area contributed by atoms with Gasteiger partial charge in [0.2, 0.25) is 5.91 Å². The van der Waals surface area contributed by atoms with Crippen molar-refractivity contribution in [1.82, 2.24) is 10.6 Å². The summed E-state index contributed by atoms with van der Waals surface area (Å²) in [5.74, 6) is -1.90. The van der Waals surface area contributed by atoms with Crippen molar-refractivity contribution in [3.05, 3.63) is 91.8 Å². The molecular weight excluding hydrogens is 757 g/mol. The molecule has 0 aliphatic carbocycles. The summed E-state index contributed by atoms with van der Waals surface area (Å²) in [6, 6.07) is 3.34. The number of nitrogens with zero attached hydrogens (tertiary/aromatic N) is 2. The predicted molar refractivity (Wildman–Crippen MR) is 190 cm³/mol. The maximum Gasteiger partial charge on any atom is 0.418 e. The van der Waals surface area contributed by atoms with E-state index in [9.17, 15) is 42.8 Å². The number of alkyl halides is 3. The molecule has 3 N–H and O–H groups in total. The van der Waals surface area contributed by atoms with Gasteiger partial charge in [-0.3, -0.25) is 25.5 Å². The van der Waals surface area contributed by atoms with Gasteiger partial charge >= 0.3 is 18.4 Å². The third-order valence-corrected chi connectivity index (χ3v) is 10.3. The summed E-state index contributed by atoms with van der Waals surface area (Å²) in [4.78, 5) is 53.1. The number of amides is 3. The van der Waals surface area contributed by atoms with Crippen LogP contribution in [0.15, 0.2) is 71.1 Å². The number of nitro groups is 1. The lowest BCUT2D eigenvalue weighted by molar-refractivity contribution is -0.419. The van der Waals surface area contributed by atoms with Crippen molar-refractivity contribution < 1.29 is 61.3 Å². The van der Waals surface area contributed by atoms with Crippen molar-refractivity contribution in [2.45, 2.75) is 82.0 Å². The zero-order valence-electron chi connectivity index (χ0n) is 30.6. The predicted octanol–water partition coefficient (Wildman–Crippen LogP) is 5.40. The monoisotopic (exact) mass is 796 g/mol. The fourth-order valence-corrected chi connectivity index (χ4v) is 7.25. The van der Waals surface area contributed by atoms with Crippen LogP contribution in [0, 0.1) is 16.0 Å². The first-order valence-electron chi connectivity index (χ1n) is 16.9. The second-order valence-electron chi connectivity index (χ2n) is 13.6. The van der Waals surface area contributed by atoms with E-state index in [0.717, 1.165) is 24.6 Å². The first-order valence-corrected chi connectivity index (χ1v) is 17.3. The van der Waals surface area contributed by atoms with Crippen LogP contribution in [0.3, 0.4) is 0 Å². The van der Waals surface area contributed by atoms with E-state index in [-0.39, 0.29) is 22.5 Å². The van der Waals surface area contributed by atoms with E-state index in [4.69, 9.17) is 35.3 Å². The number of alkyl carbamates (subject to hydrolysis) is 2. The smallest absolute Gasteiger partial charge is 0.418 e. The van der Waals surface area contributed by atoms with Crippen molar-refractivity contribution in [2.24, 2.45) is 5.92 Å². The van der Waals surface area contributed by atoms with Gasteiger partial charge in [-0.25, -0.2) is 9.59 Å². The second-order valence-corrected chi connectivity index (χ2v) is 14.0. The lowest BCUT2D eigenvalue weighted by Crippen LogP contribution is -2.63. The molecule has 2 saturated heterocycles. The highest BCUT2D eigenvalue weighted by Gasteiger charge is 2.65. The van der Waals surface area contributed by atoms with E-state index in [2.05, 4.69) is 5.32 Å². The first-order chi connectivity index (χ1) is 25.7. The van der Waals surface area contributed by atoms with Crippen molar-refractivity contribution in [2.75, 3.05) is 26.2 Å². The Morgan fingerprint density at radius 3 is 2.51 bits per heavy atom. The number of anilines is 1. The Balaban J connectivity index is 1.76. The van der Waals surface area contributed by atoms with Gasteiger partial charge in [0.25, 0.3) is 5.70 Å². The lowest BCUT2D eigenvalue weighted by atomic mass is 9.82. The number of aliphatic hydroxyl groups is 1. The van der Waals surface area contributed by atoms with Gasteiger partial charge in [-0.15, -0.1) is 0 Å². The van der Waals surface area contributed by atoms with Gasteiger partial charge in [0, 0.05) is 32.7 Å². The highest BCUT2D eigenvalue weighted by Crippen LogP contribution is 2.50. The number of hydrogen-bond acceptors (Lipinski definition) is 11. The van der Waals surface area contributed by atoms with E-state index in [0.29, 0.717) is 12.0 Å². The highest BCUT2D eigenvalue weighted by molar-refractivity contribution is 6.35. The van der Waals surface area contributed by atoms with Gasteiger partial charge in [0.05, 0.1) is 41.3 Å². The number of methoxy groups -OCH3 is 2. The second kappa shape index (κ2) is 15.7. The van der Waals surface area contributed by atoms with Crippen LogP contribution >= 0.6 is 11.6 Å². The number of rotatable bonds is 3. The van der Waals surface area contributed by atoms with Crippen LogP contribution in [-0.4, -0.2) is 91.3 Å². The van der Waals surface area contributed by atoms with Crippen molar-refractivity contribution in [3.8, 4) is 5.75 Å². The van der Waals surface area contributed by atoms with Crippen LogP contribution in [0.4, 0.5) is 28.4 Å². The van der Waals surface area contributed by atoms with E-state index >= 15 is 0 Å². The molecule has 1 aromatic rings. The molecule has 4 heterocycles. The van der Waals surface area contributed by atoms with Crippen LogP contribution in [-0.2, 0) is 30.2 Å². The lowest BCUT2D eigenvalue weighted by Gasteiger charge is -2.42. The number of epoxide rings is 1. The molecule has 0 radical (unpaired) electrons. The third-order valence-electron chi connectivity index (χ3n) is 9.90. The van der Waals surface area contributed by atoms with E-state index in [1.165, 1.54) is 39.2 Å². The number of fused-ring (bicyclic) bond motifs is 5. The summed E-state index contributed by atoms with van der Waals surface area (Å²) in [6.07, 6.45) is -7.57. The SMILES string of the molecule is C\C=C1NC(=O)O[C@H]2CC(=O)N(C)c3cc(cc(OC)c3Cl)C/C(C)=C\C=C/[C@@H](OC)[C@@]3(O)C[C@H](OC(=O)N3)[C@@H](\C=C([N+](=O)[O-])/C=C\1C(F)(F)F)[C@@H]1O[C@@]21C. The number of ether oxygens (including phenoxy) is 5. The molecule has 5 rings (SSSR count). The summed E-state index contributed by atoms with van der Waals surface area (Å²) in [6.45, 7) is 4.41. The van der Waals surface area contributed by atoms with E-state index < -0.39 is 101 Å². The molecule has 298 valence electrons. The standard InChI is InChI=1S/C36H40ClF3N4O11/c1-7-23-22(36(38,39)40)15-20(44(49)50)14-21-26-17-35(48,42-33(47)53-26)27(52-6)10-8-9-18(2)11-19-12-24(30(37)25(13-19)51-5)43(4)29(45)16-28(54-32(46)41-23)34(3)31(21)55-34/h7-10,12-15,21,26-28,31,48H,11,16-17H2,1-6H3,(H,41,46)(H,42,47)/b10-8-,18-9-,20-14+,22-15+,23-7+/t21-,26+,27-,28+,31+,34+,35+/m1/s1. The van der Waals surface area contributed by atoms with Crippen molar-refractivity contribution in [3.63, 3.8) is 0 Å². The van der Waals surface area contributed by atoms with Gasteiger partial charge in [0.15, 0.2) is 5.72 Å². The van der Waals surface area contributed by atoms with Crippen LogP contribution < -0.4 is 20.3 Å². The maximum absolute atomic E-state index is 14.5. The van der Waals surface area contributed by atoms with Crippen molar-refractivity contribution in [1.29, 1.82) is 0 Å². The molecule has 4 aliphatic rings. The molecule has 4 aliphatic heterocycles. The van der Waals surface area contributed by atoms with Gasteiger partial charge < -0.3 is 33.7 Å². The fourth-order valence-electron chi connectivity index (χ4n) is 6.94. The van der Waals surface area contributed by atoms with Gasteiger partial charge in [0.1, 0.15) is 40.8 Å². The zero-order chi connectivity index (χ0) is 40.6. The van der Waals surface area contributed by atoms with Crippen LogP contribution in [0.1, 0.15) is 39.2 Å². The van der Waals surface area contributed by atoms with Gasteiger partial charge in [-0.2, -0.15) is 13.2 Å². The molecule has 1 aromatic carbocycles. The van der Waals surface area contributed by atoms with Crippen LogP contribution in [0.2, 0.25) is 5.02 Å². The topological polar surface area (TPSA) is 191 Å². The highest BCUT2D eigenvalue weighted by atomic mass is 35.5. The summed E-state index contributed by atoms with van der Waals surface area (Å²) < 4.78 is 71.8.